The van der Waals surface area contributed by atoms with E-state index in [1.807, 2.05) is 19.1 Å². The highest BCUT2D eigenvalue weighted by Crippen LogP contribution is 2.22. The summed E-state index contributed by atoms with van der Waals surface area (Å²) in [5.41, 5.74) is 4.89. The third kappa shape index (κ3) is 3.09. The van der Waals surface area contributed by atoms with Crippen LogP contribution in [0.1, 0.15) is 17.4 Å². The summed E-state index contributed by atoms with van der Waals surface area (Å²) in [6.07, 6.45) is 0. The van der Waals surface area contributed by atoms with Crippen molar-refractivity contribution < 1.29 is 4.39 Å². The van der Waals surface area contributed by atoms with E-state index in [-0.39, 0.29) is 5.82 Å². The summed E-state index contributed by atoms with van der Waals surface area (Å²) in [6, 6.07) is 8.66. The van der Waals surface area contributed by atoms with Crippen molar-refractivity contribution in [2.24, 2.45) is 5.10 Å². The van der Waals surface area contributed by atoms with Gasteiger partial charge in [-0.25, -0.2) is 4.39 Å². The molecule has 0 aliphatic heterocycles. The Balaban J connectivity index is 2.12. The van der Waals surface area contributed by atoms with Crippen LogP contribution in [0.3, 0.4) is 0 Å². The molecule has 0 fully saturated rings. The molecular weight excluding hydrogens is 271 g/mol. The number of aryl methyl sites for hydroxylation is 1. The molecular formula is C13H12ClFN2S. The fourth-order valence-corrected chi connectivity index (χ4v) is 2.36. The van der Waals surface area contributed by atoms with Gasteiger partial charge in [0.1, 0.15) is 5.82 Å². The first-order chi connectivity index (χ1) is 8.56. The first kappa shape index (κ1) is 13.1. The van der Waals surface area contributed by atoms with Gasteiger partial charge in [-0.05, 0) is 43.7 Å². The zero-order valence-corrected chi connectivity index (χ0v) is 11.6. The summed E-state index contributed by atoms with van der Waals surface area (Å²) >= 11 is 7.31. The van der Waals surface area contributed by atoms with Crippen LogP contribution in [0.4, 0.5) is 10.1 Å². The average molecular weight is 283 g/mol. The molecule has 1 heterocycles. The number of halogens is 2. The van der Waals surface area contributed by atoms with E-state index in [1.54, 1.807) is 19.1 Å². The van der Waals surface area contributed by atoms with Crippen LogP contribution in [-0.2, 0) is 0 Å². The number of hydrazone groups is 1. The number of anilines is 1. The molecule has 0 unspecified atom stereocenters. The van der Waals surface area contributed by atoms with Crippen LogP contribution in [0.5, 0.6) is 0 Å². The van der Waals surface area contributed by atoms with Gasteiger partial charge in [0, 0.05) is 0 Å². The molecule has 0 spiro atoms. The summed E-state index contributed by atoms with van der Waals surface area (Å²) in [4.78, 5) is 0.986. The lowest BCUT2D eigenvalue weighted by molar-refractivity contribution is 0.619. The van der Waals surface area contributed by atoms with E-state index in [1.165, 1.54) is 17.4 Å². The zero-order valence-electron chi connectivity index (χ0n) is 10.00. The van der Waals surface area contributed by atoms with Crippen LogP contribution >= 0.6 is 22.9 Å². The third-order valence-electron chi connectivity index (χ3n) is 2.45. The first-order valence-electron chi connectivity index (χ1n) is 5.38. The topological polar surface area (TPSA) is 24.4 Å². The van der Waals surface area contributed by atoms with Crippen molar-refractivity contribution in [3.05, 3.63) is 50.9 Å². The quantitative estimate of drug-likeness (QED) is 0.641. The van der Waals surface area contributed by atoms with Gasteiger partial charge in [-0.1, -0.05) is 17.7 Å². The summed E-state index contributed by atoms with van der Waals surface area (Å²) < 4.78 is 14.0. The molecule has 0 aliphatic carbocycles. The predicted octanol–water partition coefficient (Wildman–Crippen LogP) is 4.69. The molecule has 0 bridgehead atoms. The Hall–Kier alpha value is -1.39. The summed E-state index contributed by atoms with van der Waals surface area (Å²) in [7, 11) is 0. The third-order valence-corrected chi connectivity index (χ3v) is 3.79. The molecule has 1 aromatic carbocycles. The van der Waals surface area contributed by atoms with Crippen LogP contribution in [-0.4, -0.2) is 5.71 Å². The van der Waals surface area contributed by atoms with Gasteiger partial charge in [-0.2, -0.15) is 5.10 Å². The van der Waals surface area contributed by atoms with Crippen molar-refractivity contribution in [2.75, 3.05) is 5.43 Å². The first-order valence-corrected chi connectivity index (χ1v) is 6.58. The highest BCUT2D eigenvalue weighted by molar-refractivity contribution is 7.18. The van der Waals surface area contributed by atoms with E-state index in [4.69, 9.17) is 11.6 Å². The Morgan fingerprint density at radius 1 is 1.33 bits per heavy atom. The van der Waals surface area contributed by atoms with Gasteiger partial charge in [0.25, 0.3) is 0 Å². The Bertz CT molecular complexity index is 592. The minimum atomic E-state index is -0.243. The highest BCUT2D eigenvalue weighted by Gasteiger charge is 2.02. The number of nitrogens with one attached hydrogen (secondary N) is 1. The van der Waals surface area contributed by atoms with E-state index in [9.17, 15) is 4.39 Å². The molecule has 94 valence electrons. The Morgan fingerprint density at radius 2 is 2.11 bits per heavy atom. The number of rotatable bonds is 3. The van der Waals surface area contributed by atoms with Crippen LogP contribution in [0.2, 0.25) is 4.34 Å². The van der Waals surface area contributed by atoms with E-state index >= 15 is 0 Å². The molecule has 0 saturated carbocycles. The monoisotopic (exact) mass is 282 g/mol. The van der Waals surface area contributed by atoms with Gasteiger partial charge in [0.15, 0.2) is 0 Å². The summed E-state index contributed by atoms with van der Waals surface area (Å²) in [6.45, 7) is 3.60. The fraction of sp³-hybridized carbons (Fsp3) is 0.154. The summed E-state index contributed by atoms with van der Waals surface area (Å²) in [5.74, 6) is -0.243. The number of benzene rings is 1. The molecule has 2 rings (SSSR count). The maximum Gasteiger partial charge on any atom is 0.128 e. The van der Waals surface area contributed by atoms with Crippen molar-refractivity contribution in [1.29, 1.82) is 0 Å². The van der Waals surface area contributed by atoms with Crippen LogP contribution in [0.15, 0.2) is 35.4 Å². The van der Waals surface area contributed by atoms with Gasteiger partial charge in [0.2, 0.25) is 0 Å². The molecule has 0 radical (unpaired) electrons. The Morgan fingerprint density at radius 3 is 2.72 bits per heavy atom. The van der Waals surface area contributed by atoms with Crippen molar-refractivity contribution in [1.82, 2.24) is 0 Å². The highest BCUT2D eigenvalue weighted by atomic mass is 35.5. The van der Waals surface area contributed by atoms with Crippen molar-refractivity contribution in [2.45, 2.75) is 13.8 Å². The second kappa shape index (κ2) is 5.50. The SMILES string of the molecule is C/C(=N/Nc1ccc(C)c(F)c1)c1ccc(Cl)s1. The number of nitrogens with zero attached hydrogens (tertiary/aromatic N) is 1. The van der Waals surface area contributed by atoms with Gasteiger partial charge in [0.05, 0.1) is 20.6 Å². The average Bonchev–Trinajstić information content (AvgIpc) is 2.77. The molecule has 2 aromatic rings. The van der Waals surface area contributed by atoms with E-state index in [0.29, 0.717) is 11.3 Å². The number of hydrogen-bond donors (Lipinski definition) is 1. The second-order valence-electron chi connectivity index (χ2n) is 3.88. The Labute approximate surface area is 114 Å². The lowest BCUT2D eigenvalue weighted by Crippen LogP contribution is -1.98. The molecule has 0 aliphatic rings. The molecule has 18 heavy (non-hydrogen) atoms. The van der Waals surface area contributed by atoms with Crippen molar-refractivity contribution in [3.63, 3.8) is 0 Å². The largest absolute Gasteiger partial charge is 0.278 e. The molecule has 0 saturated heterocycles. The van der Waals surface area contributed by atoms with Crippen LogP contribution in [0.25, 0.3) is 0 Å². The van der Waals surface area contributed by atoms with E-state index in [2.05, 4.69) is 10.5 Å². The second-order valence-corrected chi connectivity index (χ2v) is 5.59. The maximum atomic E-state index is 13.3. The normalized spacial score (nSPS) is 11.7. The number of hydrogen-bond acceptors (Lipinski definition) is 3. The van der Waals surface area contributed by atoms with E-state index < -0.39 is 0 Å². The minimum absolute atomic E-state index is 0.243. The molecule has 1 aromatic heterocycles. The molecule has 0 amide bonds. The fourth-order valence-electron chi connectivity index (χ4n) is 1.37. The molecule has 0 atom stereocenters. The van der Waals surface area contributed by atoms with Gasteiger partial charge < -0.3 is 0 Å². The zero-order chi connectivity index (χ0) is 13.1. The van der Waals surface area contributed by atoms with Gasteiger partial charge in [-0.15, -0.1) is 11.3 Å². The number of thiophene rings is 1. The van der Waals surface area contributed by atoms with Crippen molar-refractivity contribution in [3.8, 4) is 0 Å². The minimum Gasteiger partial charge on any atom is -0.278 e. The summed E-state index contributed by atoms with van der Waals surface area (Å²) in [5, 5.41) is 4.20. The van der Waals surface area contributed by atoms with Crippen molar-refractivity contribution >= 4 is 34.3 Å². The van der Waals surface area contributed by atoms with Crippen LogP contribution < -0.4 is 5.43 Å². The van der Waals surface area contributed by atoms with E-state index in [0.717, 1.165) is 14.9 Å². The molecule has 1 N–H and O–H groups in total. The predicted molar refractivity (Wildman–Crippen MR) is 76.3 cm³/mol. The Kier molecular flexibility index (Phi) is 3.99. The van der Waals surface area contributed by atoms with Gasteiger partial charge in [-0.3, -0.25) is 5.43 Å². The lowest BCUT2D eigenvalue weighted by Gasteiger charge is -2.03. The van der Waals surface area contributed by atoms with Gasteiger partial charge >= 0.3 is 0 Å². The smallest absolute Gasteiger partial charge is 0.128 e. The lowest BCUT2D eigenvalue weighted by atomic mass is 10.2. The van der Waals surface area contributed by atoms with Crippen LogP contribution in [0, 0.1) is 12.7 Å². The maximum absolute atomic E-state index is 13.3. The molecule has 2 nitrogen and oxygen atoms in total. The molecule has 5 heteroatoms. The standard InChI is InChI=1S/C13H12ClFN2S/c1-8-3-4-10(7-11(8)15)17-16-9(2)12-5-6-13(14)18-12/h3-7,17H,1-2H3/b16-9-.